The summed E-state index contributed by atoms with van der Waals surface area (Å²) in [6.45, 7) is 2.94. The van der Waals surface area contributed by atoms with Crippen molar-refractivity contribution >= 4 is 6.09 Å². The van der Waals surface area contributed by atoms with Gasteiger partial charge in [-0.05, 0) is 16.7 Å². The summed E-state index contributed by atoms with van der Waals surface area (Å²) in [5.41, 5.74) is 3.55. The Morgan fingerprint density at radius 3 is 1.77 bits per heavy atom. The standard InChI is InChI=1S/C26H30N2O3/c1-30-26(29)27-17-25(21-31-20-24-15-9-4-10-16-24)28(18-22-11-5-2-6-12-22)19-23-13-7-3-8-14-23/h2-16,25H,17-21H2,1H3,(H,27,29)/t25-/m0/s1. The van der Waals surface area contributed by atoms with Gasteiger partial charge in [0.05, 0.1) is 26.4 Å². The molecule has 3 rings (SSSR count). The molecular formula is C26H30N2O3. The van der Waals surface area contributed by atoms with E-state index in [1.54, 1.807) is 0 Å². The van der Waals surface area contributed by atoms with Crippen LogP contribution in [0.15, 0.2) is 91.0 Å². The van der Waals surface area contributed by atoms with Crippen LogP contribution < -0.4 is 5.32 Å². The lowest BCUT2D eigenvalue weighted by Gasteiger charge is -2.32. The number of benzene rings is 3. The highest BCUT2D eigenvalue weighted by atomic mass is 16.5. The molecule has 0 saturated heterocycles. The summed E-state index contributed by atoms with van der Waals surface area (Å²) in [5, 5.41) is 2.85. The lowest BCUT2D eigenvalue weighted by molar-refractivity contribution is 0.0425. The van der Waals surface area contributed by atoms with Gasteiger partial charge in [0.2, 0.25) is 0 Å². The third kappa shape index (κ3) is 7.89. The molecule has 1 amide bonds. The first-order valence-electron chi connectivity index (χ1n) is 10.5. The molecule has 1 atom stereocenters. The van der Waals surface area contributed by atoms with Crippen LogP contribution in [0.5, 0.6) is 0 Å². The summed E-state index contributed by atoms with van der Waals surface area (Å²) in [7, 11) is 1.38. The lowest BCUT2D eigenvalue weighted by Crippen LogP contribution is -2.46. The largest absolute Gasteiger partial charge is 0.453 e. The van der Waals surface area contributed by atoms with E-state index in [0.29, 0.717) is 19.8 Å². The second-order valence-electron chi connectivity index (χ2n) is 7.40. The highest BCUT2D eigenvalue weighted by molar-refractivity contribution is 5.66. The number of ether oxygens (including phenoxy) is 2. The molecule has 0 bridgehead atoms. The predicted molar refractivity (Wildman–Crippen MR) is 122 cm³/mol. The van der Waals surface area contributed by atoms with Crippen molar-refractivity contribution in [2.45, 2.75) is 25.7 Å². The number of rotatable bonds is 11. The molecule has 0 heterocycles. The van der Waals surface area contributed by atoms with Crippen LogP contribution in [0.25, 0.3) is 0 Å². The van der Waals surface area contributed by atoms with Gasteiger partial charge in [0, 0.05) is 19.6 Å². The fraction of sp³-hybridized carbons (Fsp3) is 0.269. The molecule has 0 fully saturated rings. The molecule has 5 heteroatoms. The number of hydrogen-bond acceptors (Lipinski definition) is 4. The molecule has 0 saturated carbocycles. The van der Waals surface area contributed by atoms with E-state index < -0.39 is 6.09 Å². The number of hydrogen-bond donors (Lipinski definition) is 1. The van der Waals surface area contributed by atoms with E-state index in [1.807, 2.05) is 66.7 Å². The molecule has 0 aliphatic heterocycles. The van der Waals surface area contributed by atoms with Gasteiger partial charge in [0.1, 0.15) is 0 Å². The van der Waals surface area contributed by atoms with Gasteiger partial charge in [-0.2, -0.15) is 0 Å². The monoisotopic (exact) mass is 418 g/mol. The molecular weight excluding hydrogens is 388 g/mol. The summed E-state index contributed by atoms with van der Waals surface area (Å²) in [4.78, 5) is 14.1. The second kappa shape index (κ2) is 12.5. The van der Waals surface area contributed by atoms with Crippen LogP contribution in [0.2, 0.25) is 0 Å². The molecule has 5 nitrogen and oxygen atoms in total. The lowest BCUT2D eigenvalue weighted by atomic mass is 10.1. The predicted octanol–water partition coefficient (Wildman–Crippen LogP) is 4.63. The molecule has 31 heavy (non-hydrogen) atoms. The van der Waals surface area contributed by atoms with E-state index in [2.05, 4.69) is 34.5 Å². The Balaban J connectivity index is 1.74. The smallest absolute Gasteiger partial charge is 0.406 e. The molecule has 0 radical (unpaired) electrons. The minimum absolute atomic E-state index is 0.0248. The molecule has 0 aliphatic carbocycles. The summed E-state index contributed by atoms with van der Waals surface area (Å²) in [5.74, 6) is 0. The zero-order valence-corrected chi connectivity index (χ0v) is 17.9. The van der Waals surface area contributed by atoms with Crippen molar-refractivity contribution < 1.29 is 14.3 Å². The number of carbonyl (C=O) groups excluding carboxylic acids is 1. The molecule has 0 aromatic heterocycles. The van der Waals surface area contributed by atoms with Gasteiger partial charge in [-0.3, -0.25) is 4.90 Å². The first kappa shape index (κ1) is 22.5. The molecule has 0 spiro atoms. The normalized spacial score (nSPS) is 11.8. The molecule has 0 unspecified atom stereocenters. The molecule has 1 N–H and O–H groups in total. The quantitative estimate of drug-likeness (QED) is 0.493. The minimum Gasteiger partial charge on any atom is -0.453 e. The topological polar surface area (TPSA) is 50.8 Å². The summed E-state index contributed by atoms with van der Waals surface area (Å²) in [6.07, 6.45) is -0.438. The van der Waals surface area contributed by atoms with Crippen molar-refractivity contribution in [2.75, 3.05) is 20.3 Å². The van der Waals surface area contributed by atoms with Crippen LogP contribution in [-0.4, -0.2) is 37.3 Å². The average Bonchev–Trinajstić information content (AvgIpc) is 2.82. The van der Waals surface area contributed by atoms with Gasteiger partial charge >= 0.3 is 6.09 Å². The first-order valence-corrected chi connectivity index (χ1v) is 10.5. The van der Waals surface area contributed by atoms with Crippen LogP contribution in [-0.2, 0) is 29.2 Å². The maximum Gasteiger partial charge on any atom is 0.406 e. The number of methoxy groups -OCH3 is 1. The van der Waals surface area contributed by atoms with E-state index in [1.165, 1.54) is 18.2 Å². The summed E-state index contributed by atoms with van der Waals surface area (Å²) < 4.78 is 10.9. The molecule has 0 aliphatic rings. The molecule has 3 aromatic carbocycles. The van der Waals surface area contributed by atoms with Crippen LogP contribution in [0.1, 0.15) is 16.7 Å². The average molecular weight is 419 g/mol. The van der Waals surface area contributed by atoms with Gasteiger partial charge < -0.3 is 14.8 Å². The van der Waals surface area contributed by atoms with Gasteiger partial charge in [-0.25, -0.2) is 4.79 Å². The Kier molecular flexibility index (Phi) is 9.10. The Hall–Kier alpha value is -3.15. The van der Waals surface area contributed by atoms with Gasteiger partial charge in [-0.15, -0.1) is 0 Å². The summed E-state index contributed by atoms with van der Waals surface area (Å²) >= 11 is 0. The summed E-state index contributed by atoms with van der Waals surface area (Å²) in [6, 6.07) is 30.8. The van der Waals surface area contributed by atoms with Crippen molar-refractivity contribution in [1.29, 1.82) is 0 Å². The van der Waals surface area contributed by atoms with Gasteiger partial charge in [-0.1, -0.05) is 91.0 Å². The number of carbonyl (C=O) groups is 1. The number of amides is 1. The number of nitrogens with one attached hydrogen (secondary N) is 1. The van der Waals surface area contributed by atoms with E-state index >= 15 is 0 Å². The second-order valence-corrected chi connectivity index (χ2v) is 7.40. The van der Waals surface area contributed by atoms with E-state index in [0.717, 1.165) is 18.7 Å². The van der Waals surface area contributed by atoms with Gasteiger partial charge in [0.25, 0.3) is 0 Å². The first-order chi connectivity index (χ1) is 15.2. The number of nitrogens with zero attached hydrogens (tertiary/aromatic N) is 1. The van der Waals surface area contributed by atoms with Crippen LogP contribution in [0, 0.1) is 0 Å². The minimum atomic E-state index is -0.438. The third-order valence-corrected chi connectivity index (χ3v) is 5.06. The number of alkyl carbamates (subject to hydrolysis) is 1. The van der Waals surface area contributed by atoms with Gasteiger partial charge in [0.15, 0.2) is 0 Å². The zero-order valence-electron chi connectivity index (χ0n) is 17.9. The van der Waals surface area contributed by atoms with Crippen molar-refractivity contribution in [3.63, 3.8) is 0 Å². The highest BCUT2D eigenvalue weighted by Gasteiger charge is 2.21. The Morgan fingerprint density at radius 1 is 0.806 bits per heavy atom. The van der Waals surface area contributed by atoms with Crippen molar-refractivity contribution in [2.24, 2.45) is 0 Å². The Bertz CT molecular complexity index is 847. The van der Waals surface area contributed by atoms with Crippen molar-refractivity contribution in [1.82, 2.24) is 10.2 Å². The maximum atomic E-state index is 11.8. The van der Waals surface area contributed by atoms with E-state index in [-0.39, 0.29) is 6.04 Å². The molecule has 162 valence electrons. The fourth-order valence-electron chi connectivity index (χ4n) is 3.40. The SMILES string of the molecule is COC(=O)NC[C@@H](COCc1ccccc1)N(Cc1ccccc1)Cc1ccccc1. The Labute approximate surface area is 184 Å². The highest BCUT2D eigenvalue weighted by Crippen LogP contribution is 2.15. The van der Waals surface area contributed by atoms with E-state index in [9.17, 15) is 4.79 Å². The van der Waals surface area contributed by atoms with Crippen LogP contribution >= 0.6 is 0 Å². The van der Waals surface area contributed by atoms with Crippen molar-refractivity contribution in [3.05, 3.63) is 108 Å². The van der Waals surface area contributed by atoms with Crippen LogP contribution in [0.3, 0.4) is 0 Å². The van der Waals surface area contributed by atoms with E-state index in [4.69, 9.17) is 9.47 Å². The zero-order chi connectivity index (χ0) is 21.7. The van der Waals surface area contributed by atoms with Crippen molar-refractivity contribution in [3.8, 4) is 0 Å². The molecule has 3 aromatic rings. The Morgan fingerprint density at radius 2 is 1.29 bits per heavy atom. The van der Waals surface area contributed by atoms with Crippen LogP contribution in [0.4, 0.5) is 4.79 Å². The maximum absolute atomic E-state index is 11.8. The third-order valence-electron chi connectivity index (χ3n) is 5.06. The fourth-order valence-corrected chi connectivity index (χ4v) is 3.40.